The van der Waals surface area contributed by atoms with Gasteiger partial charge in [0.25, 0.3) is 0 Å². The third kappa shape index (κ3) is 2.99. The number of aromatic nitrogens is 1. The van der Waals surface area contributed by atoms with Gasteiger partial charge in [0.2, 0.25) is 0 Å². The highest BCUT2D eigenvalue weighted by Crippen LogP contribution is 2.18. The van der Waals surface area contributed by atoms with Gasteiger partial charge in [0.1, 0.15) is 6.07 Å². The van der Waals surface area contributed by atoms with Crippen molar-refractivity contribution >= 4 is 0 Å². The zero-order valence-electron chi connectivity index (χ0n) is 12.4. The molecule has 3 rings (SSSR count). The van der Waals surface area contributed by atoms with Gasteiger partial charge in [-0.05, 0) is 31.3 Å². The van der Waals surface area contributed by atoms with E-state index in [1.54, 1.807) is 0 Å². The van der Waals surface area contributed by atoms with E-state index in [0.717, 1.165) is 38.4 Å². The van der Waals surface area contributed by atoms with Crippen molar-refractivity contribution in [2.75, 3.05) is 33.2 Å². The Labute approximate surface area is 125 Å². The Hall–Kier alpha value is -2.09. The highest BCUT2D eigenvalue weighted by Gasteiger charge is 2.16. The molecule has 0 radical (unpaired) electrons. The summed E-state index contributed by atoms with van der Waals surface area (Å²) in [5.74, 6) is 0. The van der Waals surface area contributed by atoms with Gasteiger partial charge in [-0.25, -0.2) is 0 Å². The van der Waals surface area contributed by atoms with Crippen LogP contribution < -0.4 is 0 Å². The van der Waals surface area contributed by atoms with Crippen LogP contribution in [0.25, 0.3) is 5.69 Å². The fraction of sp³-hybridized carbons (Fsp3) is 0.353. The van der Waals surface area contributed by atoms with Gasteiger partial charge < -0.3 is 9.47 Å². The number of nitrogens with zero attached hydrogens (tertiary/aromatic N) is 4. The van der Waals surface area contributed by atoms with E-state index in [-0.39, 0.29) is 0 Å². The highest BCUT2D eigenvalue weighted by atomic mass is 15.2. The Morgan fingerprint density at radius 1 is 1.05 bits per heavy atom. The normalized spacial score (nSPS) is 16.8. The molecule has 1 aliphatic rings. The molecule has 0 aliphatic carbocycles. The summed E-state index contributed by atoms with van der Waals surface area (Å²) in [6.07, 6.45) is 2.04. The summed E-state index contributed by atoms with van der Waals surface area (Å²) >= 11 is 0. The number of hydrogen-bond donors (Lipinski definition) is 0. The van der Waals surface area contributed by atoms with E-state index in [0.29, 0.717) is 5.56 Å². The monoisotopic (exact) mass is 280 g/mol. The van der Waals surface area contributed by atoms with Gasteiger partial charge in [0, 0.05) is 44.6 Å². The van der Waals surface area contributed by atoms with Gasteiger partial charge >= 0.3 is 0 Å². The molecule has 4 heteroatoms. The lowest BCUT2D eigenvalue weighted by Crippen LogP contribution is -2.44. The van der Waals surface area contributed by atoms with Gasteiger partial charge in [-0.2, -0.15) is 5.26 Å². The second-order valence-corrected chi connectivity index (χ2v) is 5.58. The fourth-order valence-corrected chi connectivity index (χ4v) is 2.79. The number of nitriles is 1. The Bertz CT molecular complexity index is 645. The van der Waals surface area contributed by atoms with E-state index in [1.807, 2.05) is 30.5 Å². The quantitative estimate of drug-likeness (QED) is 0.863. The third-order valence-corrected chi connectivity index (χ3v) is 4.10. The molecule has 0 unspecified atom stereocenters. The van der Waals surface area contributed by atoms with Crippen molar-refractivity contribution in [1.82, 2.24) is 14.4 Å². The third-order valence-electron chi connectivity index (χ3n) is 4.10. The average molecular weight is 280 g/mol. The molecule has 1 saturated heterocycles. The number of para-hydroxylation sites is 1. The maximum atomic E-state index is 9.28. The van der Waals surface area contributed by atoms with Crippen LogP contribution in [0.15, 0.2) is 42.6 Å². The van der Waals surface area contributed by atoms with Crippen LogP contribution in [0.4, 0.5) is 0 Å². The van der Waals surface area contributed by atoms with Crippen LogP contribution >= 0.6 is 0 Å². The summed E-state index contributed by atoms with van der Waals surface area (Å²) in [4.78, 5) is 4.83. The standard InChI is InChI=1S/C17H20N4/c1-19-9-11-20(12-10-19)14-16-6-4-8-21(16)17-7-3-2-5-15(17)13-18/h2-8H,9-12,14H2,1H3. The Balaban J connectivity index is 1.83. The highest BCUT2D eigenvalue weighted by molar-refractivity contribution is 5.49. The zero-order valence-corrected chi connectivity index (χ0v) is 12.4. The second-order valence-electron chi connectivity index (χ2n) is 5.58. The van der Waals surface area contributed by atoms with E-state index in [9.17, 15) is 5.26 Å². The van der Waals surface area contributed by atoms with E-state index < -0.39 is 0 Å². The lowest BCUT2D eigenvalue weighted by atomic mass is 10.2. The lowest BCUT2D eigenvalue weighted by molar-refractivity contribution is 0.146. The number of likely N-dealkylation sites (N-methyl/N-ethyl adjacent to an activating group) is 1. The minimum absolute atomic E-state index is 0.716. The molecular weight excluding hydrogens is 260 g/mol. The van der Waals surface area contributed by atoms with Crippen LogP contribution in [0.2, 0.25) is 0 Å². The van der Waals surface area contributed by atoms with Crippen molar-refractivity contribution in [3.8, 4) is 11.8 Å². The van der Waals surface area contributed by atoms with Crippen LogP contribution in [0, 0.1) is 11.3 Å². The predicted molar refractivity (Wildman–Crippen MR) is 83.3 cm³/mol. The van der Waals surface area contributed by atoms with Gasteiger partial charge in [0.15, 0.2) is 0 Å². The first-order valence-corrected chi connectivity index (χ1v) is 7.34. The first kappa shape index (κ1) is 13.9. The minimum atomic E-state index is 0.716. The molecule has 21 heavy (non-hydrogen) atoms. The van der Waals surface area contributed by atoms with Gasteiger partial charge in [-0.1, -0.05) is 12.1 Å². The van der Waals surface area contributed by atoms with Crippen LogP contribution in [-0.2, 0) is 6.54 Å². The summed E-state index contributed by atoms with van der Waals surface area (Å²) in [6.45, 7) is 5.37. The molecule has 0 N–H and O–H groups in total. The summed E-state index contributed by atoms with van der Waals surface area (Å²) in [6, 6.07) is 14.2. The Kier molecular flexibility index (Phi) is 4.05. The molecule has 108 valence electrons. The topological polar surface area (TPSA) is 35.2 Å². The molecule has 0 saturated carbocycles. The number of hydrogen-bond acceptors (Lipinski definition) is 3. The average Bonchev–Trinajstić information content (AvgIpc) is 2.97. The second kappa shape index (κ2) is 6.13. The molecule has 1 aliphatic heterocycles. The molecule has 0 bridgehead atoms. The zero-order chi connectivity index (χ0) is 14.7. The number of benzene rings is 1. The number of piperazine rings is 1. The van der Waals surface area contributed by atoms with Crippen LogP contribution in [0.3, 0.4) is 0 Å². The number of rotatable bonds is 3. The Morgan fingerprint density at radius 3 is 2.57 bits per heavy atom. The largest absolute Gasteiger partial charge is 0.318 e. The van der Waals surface area contributed by atoms with E-state index >= 15 is 0 Å². The van der Waals surface area contributed by atoms with Crippen molar-refractivity contribution in [3.05, 3.63) is 53.9 Å². The van der Waals surface area contributed by atoms with Crippen LogP contribution in [-0.4, -0.2) is 47.6 Å². The maximum absolute atomic E-state index is 9.28. The van der Waals surface area contributed by atoms with Crippen molar-refractivity contribution in [2.24, 2.45) is 0 Å². The van der Waals surface area contributed by atoms with Crippen LogP contribution in [0.1, 0.15) is 11.3 Å². The molecule has 0 spiro atoms. The van der Waals surface area contributed by atoms with E-state index in [4.69, 9.17) is 0 Å². The lowest BCUT2D eigenvalue weighted by Gasteiger charge is -2.32. The van der Waals surface area contributed by atoms with Crippen molar-refractivity contribution in [3.63, 3.8) is 0 Å². The first-order valence-electron chi connectivity index (χ1n) is 7.34. The molecule has 1 fully saturated rings. The van der Waals surface area contributed by atoms with Crippen molar-refractivity contribution in [1.29, 1.82) is 5.26 Å². The molecule has 2 aromatic rings. The van der Waals surface area contributed by atoms with Crippen LogP contribution in [0.5, 0.6) is 0 Å². The molecule has 1 aromatic heterocycles. The SMILES string of the molecule is CN1CCN(Cc2cccn2-c2ccccc2C#N)CC1. The maximum Gasteiger partial charge on any atom is 0.101 e. The summed E-state index contributed by atoms with van der Waals surface area (Å²) in [5, 5.41) is 9.28. The van der Waals surface area contributed by atoms with Gasteiger partial charge in [-0.15, -0.1) is 0 Å². The van der Waals surface area contributed by atoms with Gasteiger partial charge in [0.05, 0.1) is 11.3 Å². The molecule has 4 nitrogen and oxygen atoms in total. The smallest absolute Gasteiger partial charge is 0.101 e. The van der Waals surface area contributed by atoms with Crippen molar-refractivity contribution < 1.29 is 0 Å². The Morgan fingerprint density at radius 2 is 1.81 bits per heavy atom. The molecule has 0 amide bonds. The van der Waals surface area contributed by atoms with Crippen molar-refractivity contribution in [2.45, 2.75) is 6.54 Å². The molecule has 0 atom stereocenters. The summed E-state index contributed by atoms with van der Waals surface area (Å²) in [7, 11) is 2.17. The minimum Gasteiger partial charge on any atom is -0.318 e. The van der Waals surface area contributed by atoms with E-state index in [2.05, 4.69) is 39.6 Å². The molecular formula is C17H20N4. The fourth-order valence-electron chi connectivity index (χ4n) is 2.79. The summed E-state index contributed by atoms with van der Waals surface area (Å²) < 4.78 is 2.14. The predicted octanol–water partition coefficient (Wildman–Crippen LogP) is 2.10. The molecule has 2 heterocycles. The summed E-state index contributed by atoms with van der Waals surface area (Å²) in [5.41, 5.74) is 2.92. The van der Waals surface area contributed by atoms with E-state index in [1.165, 1.54) is 5.69 Å². The van der Waals surface area contributed by atoms with Gasteiger partial charge in [-0.3, -0.25) is 4.90 Å². The first-order chi connectivity index (χ1) is 10.3. The molecule has 1 aromatic carbocycles.